The normalized spacial score (nSPS) is 13.2. The Bertz CT molecular complexity index is 779. The number of nitrogens with zero attached hydrogens (tertiary/aromatic N) is 5. The number of benzene rings is 1. The van der Waals surface area contributed by atoms with Gasteiger partial charge in [0.25, 0.3) is 0 Å². The Morgan fingerprint density at radius 1 is 1.23 bits per heavy atom. The molecule has 0 N–H and O–H groups in total. The van der Waals surface area contributed by atoms with Gasteiger partial charge in [0, 0.05) is 24.8 Å². The summed E-state index contributed by atoms with van der Waals surface area (Å²) in [6, 6.07) is 5.25. The summed E-state index contributed by atoms with van der Waals surface area (Å²) in [5.74, 6) is 0.0329. The number of anilines is 2. The molecule has 0 saturated carbocycles. The van der Waals surface area contributed by atoms with Crippen LogP contribution in [0.4, 0.5) is 36.1 Å². The van der Waals surface area contributed by atoms with Crippen molar-refractivity contribution in [1.82, 2.24) is 5.16 Å². The first-order chi connectivity index (χ1) is 12.3. The summed E-state index contributed by atoms with van der Waals surface area (Å²) >= 11 is -3.60. The lowest BCUT2D eigenvalue weighted by molar-refractivity contribution is -0.115. The molecule has 12 heteroatoms. The second kappa shape index (κ2) is 8.27. The van der Waals surface area contributed by atoms with Gasteiger partial charge >= 0.3 is 6.30 Å². The van der Waals surface area contributed by atoms with E-state index in [4.69, 9.17) is 0 Å². The molecule has 1 atom stereocenters. The van der Waals surface area contributed by atoms with Gasteiger partial charge in [0.15, 0.2) is 0 Å². The average Bonchev–Trinajstić information content (AvgIpc) is 3.07. The maximum Gasteiger partial charge on any atom is 0.495 e. The fourth-order valence-corrected chi connectivity index (χ4v) is 2.68. The van der Waals surface area contributed by atoms with E-state index in [1.165, 1.54) is 24.5 Å². The standard InChI is InChI=1S/C14H16F3N5O3S/c1-3-21(4-2)10-5-6-11(18-19-13-7-8-25-20-13)12(9-10)22(26(23)24)14(15,16)17/h5-9H,3-4H2,1-2H3,(H,23,24)/p-1. The van der Waals surface area contributed by atoms with E-state index in [9.17, 15) is 21.9 Å². The molecule has 1 heterocycles. The summed E-state index contributed by atoms with van der Waals surface area (Å²) in [7, 11) is 0. The van der Waals surface area contributed by atoms with Crippen LogP contribution in [0.1, 0.15) is 13.8 Å². The highest BCUT2D eigenvalue weighted by Gasteiger charge is 2.40. The van der Waals surface area contributed by atoms with Crippen molar-refractivity contribution >= 4 is 34.1 Å². The zero-order valence-corrected chi connectivity index (χ0v) is 14.6. The number of halogens is 3. The van der Waals surface area contributed by atoms with Gasteiger partial charge < -0.3 is 14.0 Å². The molecule has 1 aromatic carbocycles. The Labute approximate surface area is 149 Å². The van der Waals surface area contributed by atoms with Crippen molar-refractivity contribution in [3.05, 3.63) is 30.5 Å². The molecule has 1 unspecified atom stereocenters. The number of azo groups is 1. The van der Waals surface area contributed by atoms with Gasteiger partial charge in [0.1, 0.15) is 12.0 Å². The first kappa shape index (κ1) is 19.8. The predicted octanol–water partition coefficient (Wildman–Crippen LogP) is 4.06. The molecule has 0 radical (unpaired) electrons. The molecule has 1 aromatic heterocycles. The summed E-state index contributed by atoms with van der Waals surface area (Å²) in [6.45, 7) is 4.72. The summed E-state index contributed by atoms with van der Waals surface area (Å²) in [6.07, 6.45) is -3.94. The molecule has 0 bridgehead atoms. The van der Waals surface area contributed by atoms with Crippen molar-refractivity contribution in [3.8, 4) is 0 Å². The monoisotopic (exact) mass is 390 g/mol. The van der Waals surface area contributed by atoms with Gasteiger partial charge in [-0.2, -0.15) is 0 Å². The second-order valence-corrected chi connectivity index (χ2v) is 5.68. The molecule has 8 nitrogen and oxygen atoms in total. The van der Waals surface area contributed by atoms with Gasteiger partial charge in [-0.3, -0.25) is 4.21 Å². The average molecular weight is 390 g/mol. The molecular weight excluding hydrogens is 375 g/mol. The minimum atomic E-state index is -5.16. The van der Waals surface area contributed by atoms with Crippen LogP contribution in [0.5, 0.6) is 0 Å². The minimum Gasteiger partial charge on any atom is -0.755 e. The number of aromatic nitrogens is 1. The molecule has 0 aliphatic rings. The first-order valence-electron chi connectivity index (χ1n) is 7.45. The SMILES string of the molecule is CCN(CC)c1ccc(N=Nc2ccon2)c(N(S(=O)[O-])C(F)(F)F)c1. The first-order valence-corrected chi connectivity index (χ1v) is 8.48. The molecule has 2 aromatic rings. The summed E-state index contributed by atoms with van der Waals surface area (Å²) < 4.78 is 66.1. The summed E-state index contributed by atoms with van der Waals surface area (Å²) in [4.78, 5) is 1.77. The highest BCUT2D eigenvalue weighted by molar-refractivity contribution is 7.80. The summed E-state index contributed by atoms with van der Waals surface area (Å²) in [5.41, 5.74) is -0.530. The van der Waals surface area contributed by atoms with Crippen molar-refractivity contribution in [2.24, 2.45) is 10.2 Å². The lowest BCUT2D eigenvalue weighted by Gasteiger charge is -2.30. The van der Waals surface area contributed by atoms with Gasteiger partial charge in [0.2, 0.25) is 5.82 Å². The quantitative estimate of drug-likeness (QED) is 0.403. The molecular formula is C14H15F3N5O3S-. The Kier molecular flexibility index (Phi) is 6.32. The molecule has 2 rings (SSSR count). The van der Waals surface area contributed by atoms with E-state index in [-0.39, 0.29) is 11.5 Å². The van der Waals surface area contributed by atoms with Crippen molar-refractivity contribution in [2.45, 2.75) is 20.1 Å². The molecule has 0 amide bonds. The maximum atomic E-state index is 13.3. The fourth-order valence-electron chi connectivity index (χ4n) is 2.21. The molecule has 0 saturated heterocycles. The van der Waals surface area contributed by atoms with Crippen LogP contribution >= 0.6 is 0 Å². The highest BCUT2D eigenvalue weighted by Crippen LogP contribution is 2.39. The van der Waals surface area contributed by atoms with Gasteiger partial charge in [-0.1, -0.05) is 5.16 Å². The van der Waals surface area contributed by atoms with Crippen molar-refractivity contribution in [3.63, 3.8) is 0 Å². The third-order valence-corrected chi connectivity index (χ3v) is 4.07. The van der Waals surface area contributed by atoms with Crippen molar-refractivity contribution in [1.29, 1.82) is 0 Å². The Balaban J connectivity index is 2.57. The van der Waals surface area contributed by atoms with Gasteiger partial charge in [0.05, 0.1) is 17.0 Å². The van der Waals surface area contributed by atoms with Crippen LogP contribution in [-0.4, -0.2) is 33.3 Å². The van der Waals surface area contributed by atoms with E-state index in [0.29, 0.717) is 18.8 Å². The zero-order valence-electron chi connectivity index (χ0n) is 13.8. The molecule has 0 aliphatic carbocycles. The van der Waals surface area contributed by atoms with Crippen LogP contribution < -0.4 is 9.21 Å². The Morgan fingerprint density at radius 2 is 1.92 bits per heavy atom. The van der Waals surface area contributed by atoms with Crippen LogP contribution in [-0.2, 0) is 11.3 Å². The van der Waals surface area contributed by atoms with E-state index >= 15 is 0 Å². The smallest absolute Gasteiger partial charge is 0.495 e. The van der Waals surface area contributed by atoms with Crippen LogP contribution in [0, 0.1) is 0 Å². The van der Waals surface area contributed by atoms with E-state index in [1.54, 1.807) is 4.90 Å². The largest absolute Gasteiger partial charge is 0.755 e. The van der Waals surface area contributed by atoms with Gasteiger partial charge in [-0.15, -0.1) is 23.4 Å². The second-order valence-electron chi connectivity index (χ2n) is 4.88. The van der Waals surface area contributed by atoms with Gasteiger partial charge in [-0.25, -0.2) is 4.31 Å². The van der Waals surface area contributed by atoms with Crippen LogP contribution in [0.3, 0.4) is 0 Å². The maximum absolute atomic E-state index is 13.3. The lowest BCUT2D eigenvalue weighted by atomic mass is 10.2. The van der Waals surface area contributed by atoms with Crippen LogP contribution in [0.15, 0.2) is 45.3 Å². The number of hydrogen-bond donors (Lipinski definition) is 0. The number of rotatable bonds is 7. The molecule has 0 fully saturated rings. The molecule has 142 valence electrons. The highest BCUT2D eigenvalue weighted by atomic mass is 32.2. The van der Waals surface area contributed by atoms with Crippen LogP contribution in [0.2, 0.25) is 0 Å². The van der Waals surface area contributed by atoms with Crippen molar-refractivity contribution in [2.75, 3.05) is 22.3 Å². The molecule has 26 heavy (non-hydrogen) atoms. The summed E-state index contributed by atoms with van der Waals surface area (Å²) in [5, 5.41) is 10.8. The zero-order chi connectivity index (χ0) is 19.3. The number of alkyl halides is 3. The van der Waals surface area contributed by atoms with Gasteiger partial charge in [-0.05, 0) is 32.0 Å². The van der Waals surface area contributed by atoms with Crippen LogP contribution in [0.25, 0.3) is 0 Å². The van der Waals surface area contributed by atoms with E-state index in [1.807, 2.05) is 13.8 Å². The fraction of sp³-hybridized carbons (Fsp3) is 0.357. The van der Waals surface area contributed by atoms with E-state index in [2.05, 4.69) is 19.9 Å². The molecule has 0 aliphatic heterocycles. The third kappa shape index (κ3) is 4.58. The van der Waals surface area contributed by atoms with Crippen molar-refractivity contribution < 1.29 is 26.5 Å². The minimum absolute atomic E-state index is 0.0329. The Morgan fingerprint density at radius 3 is 2.42 bits per heavy atom. The Hall–Kier alpha value is -2.47. The third-order valence-electron chi connectivity index (χ3n) is 3.37. The number of hydrogen-bond acceptors (Lipinski definition) is 7. The topological polar surface area (TPSA) is 97.4 Å². The lowest BCUT2D eigenvalue weighted by Crippen LogP contribution is -2.39. The predicted molar refractivity (Wildman–Crippen MR) is 88.1 cm³/mol. The van der Waals surface area contributed by atoms with E-state index in [0.717, 1.165) is 6.07 Å². The molecule has 0 spiro atoms. The van der Waals surface area contributed by atoms with E-state index < -0.39 is 27.6 Å².